The minimum absolute atomic E-state index is 0.225. The second kappa shape index (κ2) is 9.44. The Morgan fingerprint density at radius 3 is 2.66 bits per heavy atom. The van der Waals surface area contributed by atoms with Crippen LogP contribution in [0.1, 0.15) is 23.3 Å². The van der Waals surface area contributed by atoms with Gasteiger partial charge in [0.1, 0.15) is 23.5 Å². The van der Waals surface area contributed by atoms with Gasteiger partial charge in [-0.05, 0) is 23.8 Å². The normalized spacial score (nSPS) is 12.7. The maximum Gasteiger partial charge on any atom is 0.207 e. The highest BCUT2D eigenvalue weighted by molar-refractivity contribution is 7.47. The molecule has 0 saturated heterocycles. The molecule has 0 aliphatic rings. The number of pyridine rings is 2. The van der Waals surface area contributed by atoms with Crippen molar-refractivity contribution in [2.24, 2.45) is 4.36 Å². The lowest BCUT2D eigenvalue weighted by Gasteiger charge is -2.20. The minimum Gasteiger partial charge on any atom is -0.495 e. The average molecular weight is 445 g/mol. The Hall–Kier alpha value is -3.98. The first-order valence-corrected chi connectivity index (χ1v) is 10.2. The number of fused-ring (bicyclic) bond motifs is 1. The van der Waals surface area contributed by atoms with Gasteiger partial charge in [-0.1, -0.05) is 36.4 Å². The number of carbonyl (C=O) groups excluding carboxylic acids is 1. The van der Waals surface area contributed by atoms with E-state index >= 15 is 0 Å². The van der Waals surface area contributed by atoms with Crippen molar-refractivity contribution in [3.63, 3.8) is 0 Å². The van der Waals surface area contributed by atoms with Crippen LogP contribution < -0.4 is 10.1 Å². The summed E-state index contributed by atoms with van der Waals surface area (Å²) in [5.74, 6) is 0.0488. The maximum absolute atomic E-state index is 13.6. The first-order valence-electron chi connectivity index (χ1n) is 9.80. The summed E-state index contributed by atoms with van der Waals surface area (Å²) in [4.78, 5) is 17.7. The van der Waals surface area contributed by atoms with E-state index in [2.05, 4.69) is 19.8 Å². The van der Waals surface area contributed by atoms with E-state index in [0.29, 0.717) is 22.7 Å². The van der Waals surface area contributed by atoms with Crippen LogP contribution in [0.2, 0.25) is 0 Å². The number of aromatic nitrogens is 3. The molecule has 1 aromatic carbocycles. The molecule has 160 valence electrons. The molecular weight excluding hydrogens is 424 g/mol. The zero-order chi connectivity index (χ0) is 22.5. The van der Waals surface area contributed by atoms with Crippen LogP contribution in [0.15, 0.2) is 83.6 Å². The second-order valence-electron chi connectivity index (χ2n) is 7.03. The van der Waals surface area contributed by atoms with Gasteiger partial charge in [0.05, 0.1) is 36.4 Å². The summed E-state index contributed by atoms with van der Waals surface area (Å²) in [5.41, 5.74) is 2.29. The molecule has 0 amide bonds. The van der Waals surface area contributed by atoms with Gasteiger partial charge in [0.25, 0.3) is 0 Å². The summed E-state index contributed by atoms with van der Waals surface area (Å²) in [5, 5.41) is 16.3. The Morgan fingerprint density at radius 2 is 1.94 bits per heavy atom. The smallest absolute Gasteiger partial charge is 0.207 e. The van der Waals surface area contributed by atoms with Gasteiger partial charge >= 0.3 is 0 Å². The molecule has 4 rings (SSSR count). The number of hydrogen-bond acceptors (Lipinski definition) is 8. The lowest BCUT2D eigenvalue weighted by Crippen LogP contribution is -2.31. The van der Waals surface area contributed by atoms with Crippen molar-refractivity contribution in [3.05, 3.63) is 90.5 Å². The van der Waals surface area contributed by atoms with E-state index < -0.39 is 17.9 Å². The average Bonchev–Trinajstić information content (AvgIpc) is 3.27. The molecule has 2 unspecified atom stereocenters. The number of methoxy groups -OCH3 is 1. The highest BCUT2D eigenvalue weighted by Gasteiger charge is 2.32. The van der Waals surface area contributed by atoms with Crippen molar-refractivity contribution in [1.29, 1.82) is 5.41 Å². The van der Waals surface area contributed by atoms with E-state index in [9.17, 15) is 4.79 Å². The summed E-state index contributed by atoms with van der Waals surface area (Å²) >= 11 is 4.93. The fourth-order valence-corrected chi connectivity index (χ4v) is 3.58. The van der Waals surface area contributed by atoms with E-state index in [-0.39, 0.29) is 5.71 Å². The van der Waals surface area contributed by atoms with Crippen LogP contribution in [0.4, 0.5) is 5.69 Å². The third-order valence-electron chi connectivity index (χ3n) is 4.97. The molecule has 2 N–H and O–H groups in total. The van der Waals surface area contributed by atoms with Gasteiger partial charge in [0.15, 0.2) is 0 Å². The number of ketones is 1. The summed E-state index contributed by atoms with van der Waals surface area (Å²) in [7, 11) is 1.54. The van der Waals surface area contributed by atoms with E-state index in [4.69, 9.17) is 22.6 Å². The van der Waals surface area contributed by atoms with Crippen LogP contribution >= 0.6 is 0 Å². The Morgan fingerprint density at radius 1 is 1.16 bits per heavy atom. The quantitative estimate of drug-likeness (QED) is 0.379. The number of carbonyl (C=O) groups is 1. The lowest BCUT2D eigenvalue weighted by molar-refractivity contribution is -0.114. The molecule has 0 spiro atoms. The number of nitrogens with zero attached hydrogens (tertiary/aromatic N) is 4. The third kappa shape index (κ3) is 4.37. The molecule has 0 aliphatic heterocycles. The molecular formula is C23H20N6O2S. The first kappa shape index (κ1) is 21.3. The van der Waals surface area contributed by atoms with E-state index in [0.717, 1.165) is 5.52 Å². The number of anilines is 1. The van der Waals surface area contributed by atoms with Gasteiger partial charge in [-0.2, -0.15) is 5.10 Å². The maximum atomic E-state index is 13.6. The van der Waals surface area contributed by atoms with Crippen LogP contribution in [-0.4, -0.2) is 33.2 Å². The Balaban J connectivity index is 1.72. The Labute approximate surface area is 189 Å². The molecule has 3 aromatic heterocycles. The Kier molecular flexibility index (Phi) is 6.27. The van der Waals surface area contributed by atoms with Gasteiger partial charge in [0.2, 0.25) is 5.78 Å². The predicted octanol–water partition coefficient (Wildman–Crippen LogP) is 3.95. The van der Waals surface area contributed by atoms with Crippen LogP contribution in [-0.2, 0) is 17.2 Å². The molecule has 0 saturated carbocycles. The van der Waals surface area contributed by atoms with Crippen molar-refractivity contribution in [2.45, 2.75) is 12.1 Å². The standard InChI is InChI=1S/C23H20N6O2S/c1-31-18-11-16(13-25-14-18)26-22(19-12-17-9-5-6-10-29(17)27-19)23(30)20(24)21(28-32)15-7-3-2-4-8-15/h2-14,21-22,24,26H,1H3. The number of hydrogen-bond donors (Lipinski definition) is 2. The molecule has 0 bridgehead atoms. The number of ether oxygens (including phenoxy) is 1. The largest absolute Gasteiger partial charge is 0.495 e. The number of rotatable bonds is 9. The summed E-state index contributed by atoms with van der Waals surface area (Å²) in [6.45, 7) is 0. The first-order chi connectivity index (χ1) is 15.6. The number of nitrogens with one attached hydrogen (secondary N) is 2. The van der Waals surface area contributed by atoms with Gasteiger partial charge in [-0.3, -0.25) is 15.2 Å². The van der Waals surface area contributed by atoms with Crippen LogP contribution in [0.25, 0.3) is 5.52 Å². The predicted molar refractivity (Wildman–Crippen MR) is 124 cm³/mol. The summed E-state index contributed by atoms with van der Waals surface area (Å²) in [6.07, 6.45) is 4.94. The van der Waals surface area contributed by atoms with Gasteiger partial charge in [-0.25, -0.2) is 8.88 Å². The van der Waals surface area contributed by atoms with Crippen molar-refractivity contribution in [1.82, 2.24) is 14.6 Å². The molecule has 2 atom stereocenters. The minimum atomic E-state index is -0.945. The third-order valence-corrected chi connectivity index (χ3v) is 5.18. The number of benzene rings is 1. The van der Waals surface area contributed by atoms with Crippen molar-refractivity contribution >= 4 is 35.1 Å². The number of Topliss-reactive ketones (excluding diaryl/α,β-unsaturated/α-hetero) is 1. The fourth-order valence-electron chi connectivity index (χ4n) is 3.35. The summed E-state index contributed by atoms with van der Waals surface area (Å²) < 4.78 is 10.8. The van der Waals surface area contributed by atoms with Gasteiger partial charge in [0, 0.05) is 24.7 Å². The van der Waals surface area contributed by atoms with E-state index in [1.54, 1.807) is 47.4 Å². The highest BCUT2D eigenvalue weighted by Crippen LogP contribution is 2.27. The molecule has 32 heavy (non-hydrogen) atoms. The Bertz CT molecular complexity index is 1240. The molecule has 3 heterocycles. The zero-order valence-electron chi connectivity index (χ0n) is 17.2. The second-order valence-corrected chi connectivity index (χ2v) is 7.24. The van der Waals surface area contributed by atoms with Crippen LogP contribution in [0, 0.1) is 5.41 Å². The van der Waals surface area contributed by atoms with Crippen molar-refractivity contribution < 1.29 is 9.53 Å². The SMILES string of the molecule is COc1cncc(NC(C(=O)C(=N)C(N=S)c2ccccc2)c2cc3ccccn3n2)c1. The summed E-state index contributed by atoms with van der Waals surface area (Å²) in [6, 6.07) is 16.4. The topological polar surface area (TPSA) is 105 Å². The molecule has 0 aliphatic carbocycles. The molecule has 0 fully saturated rings. The van der Waals surface area contributed by atoms with E-state index in [1.807, 2.05) is 36.4 Å². The lowest BCUT2D eigenvalue weighted by atomic mass is 9.95. The fraction of sp³-hybridized carbons (Fsp3) is 0.130. The zero-order valence-corrected chi connectivity index (χ0v) is 18.0. The molecule has 8 nitrogen and oxygen atoms in total. The molecule has 4 aromatic rings. The van der Waals surface area contributed by atoms with Crippen molar-refractivity contribution in [2.75, 3.05) is 12.4 Å². The van der Waals surface area contributed by atoms with Crippen LogP contribution in [0.3, 0.4) is 0 Å². The monoisotopic (exact) mass is 444 g/mol. The van der Waals surface area contributed by atoms with Gasteiger partial charge < -0.3 is 10.1 Å². The van der Waals surface area contributed by atoms with E-state index in [1.165, 1.54) is 7.11 Å². The van der Waals surface area contributed by atoms with Crippen molar-refractivity contribution in [3.8, 4) is 5.75 Å². The molecule has 9 heteroatoms. The molecule has 0 radical (unpaired) electrons. The highest BCUT2D eigenvalue weighted by atomic mass is 32.1. The van der Waals surface area contributed by atoms with Crippen LogP contribution in [0.5, 0.6) is 5.75 Å². The van der Waals surface area contributed by atoms with Gasteiger partial charge in [-0.15, -0.1) is 0 Å².